The number of nitrogens with zero attached hydrogens (tertiary/aromatic N) is 4. The third-order valence-electron chi connectivity index (χ3n) is 6.59. The molecule has 3 heterocycles. The second-order valence-corrected chi connectivity index (χ2v) is 8.95. The summed E-state index contributed by atoms with van der Waals surface area (Å²) >= 11 is 0. The molecule has 1 N–H and O–H groups in total. The van der Waals surface area contributed by atoms with Crippen molar-refractivity contribution in [1.82, 2.24) is 24.9 Å². The maximum Gasteiger partial charge on any atom is 0.328 e. The van der Waals surface area contributed by atoms with Gasteiger partial charge in [-0.05, 0) is 17.0 Å². The lowest BCUT2D eigenvalue weighted by Gasteiger charge is -2.45. The van der Waals surface area contributed by atoms with Gasteiger partial charge in [0.25, 0.3) is 5.91 Å². The maximum absolute atomic E-state index is 13.6. The zero-order valence-electron chi connectivity index (χ0n) is 18.0. The second kappa shape index (κ2) is 8.07. The number of rotatable bonds is 4. The van der Waals surface area contributed by atoms with E-state index >= 15 is 0 Å². The molecular formula is C24H29N5O2. The van der Waals surface area contributed by atoms with Gasteiger partial charge in [-0.2, -0.15) is 0 Å². The first-order chi connectivity index (χ1) is 15.0. The number of benzene rings is 2. The van der Waals surface area contributed by atoms with Crippen molar-refractivity contribution < 1.29 is 9.59 Å². The van der Waals surface area contributed by atoms with Crippen LogP contribution in [-0.2, 0) is 17.9 Å². The molecule has 4 atom stereocenters. The van der Waals surface area contributed by atoms with Crippen molar-refractivity contribution in [3.8, 4) is 0 Å². The Balaban J connectivity index is 1.41. The first-order valence-corrected chi connectivity index (χ1v) is 10.9. The summed E-state index contributed by atoms with van der Waals surface area (Å²) < 4.78 is 0. The molecule has 2 aromatic carbocycles. The van der Waals surface area contributed by atoms with Crippen LogP contribution in [0.3, 0.4) is 0 Å². The Hall–Kier alpha value is -2.74. The summed E-state index contributed by atoms with van der Waals surface area (Å²) in [4.78, 5) is 34.4. The predicted octanol–water partition coefficient (Wildman–Crippen LogP) is 2.12. The zero-order chi connectivity index (χ0) is 21.5. The number of hydrogen-bond acceptors (Lipinski definition) is 5. The molecule has 5 rings (SSSR count). The molecule has 3 fully saturated rings. The van der Waals surface area contributed by atoms with Crippen LogP contribution < -0.4 is 5.32 Å². The van der Waals surface area contributed by atoms with E-state index in [4.69, 9.17) is 0 Å². The third-order valence-corrected chi connectivity index (χ3v) is 6.59. The van der Waals surface area contributed by atoms with E-state index in [1.807, 2.05) is 36.4 Å². The van der Waals surface area contributed by atoms with Gasteiger partial charge in [-0.25, -0.2) is 4.79 Å². The third kappa shape index (κ3) is 3.63. The fourth-order valence-corrected chi connectivity index (χ4v) is 5.16. The highest BCUT2D eigenvalue weighted by molar-refractivity contribution is 6.00. The molecule has 0 spiro atoms. The molecule has 7 nitrogen and oxygen atoms in total. The number of fused-ring (bicyclic) bond motifs is 3. The molecule has 0 aromatic heterocycles. The molecule has 0 radical (unpaired) electrons. The molecule has 3 aliphatic heterocycles. The zero-order valence-corrected chi connectivity index (χ0v) is 18.0. The van der Waals surface area contributed by atoms with Gasteiger partial charge in [0.1, 0.15) is 18.5 Å². The van der Waals surface area contributed by atoms with Crippen LogP contribution >= 0.6 is 0 Å². The summed E-state index contributed by atoms with van der Waals surface area (Å²) in [5, 5.41) is 3.59. The summed E-state index contributed by atoms with van der Waals surface area (Å²) in [5.74, 6) is 0.319. The number of carbonyl (C=O) groups excluding carboxylic acids is 2. The molecule has 7 heteroatoms. The van der Waals surface area contributed by atoms with Crippen LogP contribution in [-0.4, -0.2) is 70.2 Å². The minimum atomic E-state index is -0.377. The van der Waals surface area contributed by atoms with E-state index in [-0.39, 0.29) is 30.4 Å². The van der Waals surface area contributed by atoms with Gasteiger partial charge in [0, 0.05) is 26.7 Å². The number of amides is 3. The van der Waals surface area contributed by atoms with Gasteiger partial charge in [0.15, 0.2) is 0 Å². The van der Waals surface area contributed by atoms with E-state index in [9.17, 15) is 9.59 Å². The van der Waals surface area contributed by atoms with Crippen molar-refractivity contribution >= 4 is 11.9 Å². The Morgan fingerprint density at radius 1 is 0.903 bits per heavy atom. The normalized spacial score (nSPS) is 29.2. The molecule has 162 valence electrons. The highest BCUT2D eigenvalue weighted by atomic mass is 16.2. The smallest absolute Gasteiger partial charge is 0.310 e. The molecule has 0 bridgehead atoms. The number of nitrogens with one attached hydrogen (secondary N) is 1. The first-order valence-electron chi connectivity index (χ1n) is 10.9. The van der Waals surface area contributed by atoms with Crippen LogP contribution in [0.1, 0.15) is 18.1 Å². The number of carbonyl (C=O) groups is 2. The number of hydrogen-bond donors (Lipinski definition) is 1. The molecule has 0 aliphatic carbocycles. The molecule has 3 amide bonds. The van der Waals surface area contributed by atoms with E-state index in [0.29, 0.717) is 12.5 Å². The van der Waals surface area contributed by atoms with Gasteiger partial charge in [-0.1, -0.05) is 67.6 Å². The van der Waals surface area contributed by atoms with Crippen LogP contribution in [0, 0.1) is 5.92 Å². The Morgan fingerprint density at radius 2 is 1.52 bits per heavy atom. The number of urea groups is 1. The topological polar surface area (TPSA) is 59.1 Å². The van der Waals surface area contributed by atoms with Gasteiger partial charge in [0.2, 0.25) is 0 Å². The van der Waals surface area contributed by atoms with Gasteiger partial charge < -0.3 is 4.90 Å². The summed E-state index contributed by atoms with van der Waals surface area (Å²) in [6.07, 6.45) is -0.386. The second-order valence-electron chi connectivity index (χ2n) is 8.95. The summed E-state index contributed by atoms with van der Waals surface area (Å²) in [6.45, 7) is 5.11. The molecule has 2 aromatic rings. The van der Waals surface area contributed by atoms with Gasteiger partial charge >= 0.3 is 6.03 Å². The van der Waals surface area contributed by atoms with Crippen LogP contribution in [0.5, 0.6) is 0 Å². The van der Waals surface area contributed by atoms with Crippen LogP contribution in [0.15, 0.2) is 60.7 Å². The van der Waals surface area contributed by atoms with Crippen molar-refractivity contribution in [2.24, 2.45) is 5.92 Å². The van der Waals surface area contributed by atoms with Crippen LogP contribution in [0.2, 0.25) is 0 Å². The van der Waals surface area contributed by atoms with Crippen molar-refractivity contribution in [2.75, 3.05) is 20.1 Å². The highest BCUT2D eigenvalue weighted by Crippen LogP contribution is 2.33. The SMILES string of the molecule is CC1CN(Cc2ccccc2)C2NC3C(C(=O)N(Cc4ccccc4)C(=O)N3C)N2C1. The van der Waals surface area contributed by atoms with E-state index in [1.54, 1.807) is 11.9 Å². The average molecular weight is 420 g/mol. The van der Waals surface area contributed by atoms with Crippen LogP contribution in [0.4, 0.5) is 4.79 Å². The monoisotopic (exact) mass is 419 g/mol. The molecule has 0 saturated carbocycles. The van der Waals surface area contributed by atoms with E-state index < -0.39 is 0 Å². The van der Waals surface area contributed by atoms with Crippen LogP contribution in [0.25, 0.3) is 0 Å². The Bertz CT molecular complexity index is 953. The van der Waals surface area contributed by atoms with Gasteiger partial charge in [-0.3, -0.25) is 24.8 Å². The highest BCUT2D eigenvalue weighted by Gasteiger charge is 2.56. The van der Waals surface area contributed by atoms with Crippen molar-refractivity contribution in [1.29, 1.82) is 0 Å². The van der Waals surface area contributed by atoms with E-state index in [1.165, 1.54) is 10.5 Å². The molecule has 4 unspecified atom stereocenters. The van der Waals surface area contributed by atoms with Gasteiger partial charge in [0.05, 0.1) is 6.54 Å². The lowest BCUT2D eigenvalue weighted by molar-refractivity contribution is -0.141. The number of imide groups is 1. The largest absolute Gasteiger partial charge is 0.328 e. The maximum atomic E-state index is 13.6. The lowest BCUT2D eigenvalue weighted by Crippen LogP contribution is -2.66. The minimum Gasteiger partial charge on any atom is -0.310 e. The van der Waals surface area contributed by atoms with Gasteiger partial charge in [-0.15, -0.1) is 0 Å². The average Bonchev–Trinajstić information content (AvgIpc) is 3.16. The standard InChI is InChI=1S/C24H29N5O2/c1-17-13-27(15-18-9-5-3-6-10-18)23-25-21-20(28(23)14-17)22(30)29(24(31)26(21)2)16-19-11-7-4-8-12-19/h3-12,17,20-21,23,25H,13-16H2,1-2H3. The molecule has 3 saturated heterocycles. The Kier molecular flexibility index (Phi) is 5.25. The minimum absolute atomic E-state index is 0.0673. The Labute approximate surface area is 183 Å². The lowest BCUT2D eigenvalue weighted by atomic mass is 10.0. The quantitative estimate of drug-likeness (QED) is 0.823. The molecule has 3 aliphatic rings. The summed E-state index contributed by atoms with van der Waals surface area (Å²) in [5.41, 5.74) is 2.20. The molecular weight excluding hydrogens is 390 g/mol. The Morgan fingerprint density at radius 3 is 2.16 bits per heavy atom. The molecule has 31 heavy (non-hydrogen) atoms. The van der Waals surface area contributed by atoms with E-state index in [0.717, 1.165) is 25.2 Å². The van der Waals surface area contributed by atoms with Crippen molar-refractivity contribution in [3.05, 3.63) is 71.8 Å². The van der Waals surface area contributed by atoms with Crippen molar-refractivity contribution in [3.63, 3.8) is 0 Å². The number of likely N-dealkylation sites (N-methyl/N-ethyl adjacent to an activating group) is 1. The predicted molar refractivity (Wildman–Crippen MR) is 117 cm³/mol. The fourth-order valence-electron chi connectivity index (χ4n) is 5.16. The van der Waals surface area contributed by atoms with Crippen molar-refractivity contribution in [2.45, 2.75) is 38.5 Å². The summed E-state index contributed by atoms with van der Waals surface area (Å²) in [7, 11) is 1.79. The first kappa shape index (κ1) is 20.2. The van der Waals surface area contributed by atoms with E-state index in [2.05, 4.69) is 46.3 Å². The fraction of sp³-hybridized carbons (Fsp3) is 0.417. The summed E-state index contributed by atoms with van der Waals surface area (Å²) in [6, 6.07) is 19.5.